The number of thiocarbonyl (C=S) groups is 1. The van der Waals surface area contributed by atoms with Gasteiger partial charge in [-0.25, -0.2) is 0 Å². The van der Waals surface area contributed by atoms with Crippen LogP contribution in [-0.4, -0.2) is 67.4 Å². The highest BCUT2D eigenvalue weighted by atomic mass is 32.2. The molecule has 0 aromatic heterocycles. The van der Waals surface area contributed by atoms with Crippen LogP contribution in [0, 0.1) is 6.92 Å². The Morgan fingerprint density at radius 1 is 0.897 bits per heavy atom. The van der Waals surface area contributed by atoms with Crippen molar-refractivity contribution in [3.05, 3.63) is 89.0 Å². The molecule has 1 fully saturated rings. The highest BCUT2D eigenvalue weighted by molar-refractivity contribution is 8.23. The third-order valence-corrected chi connectivity index (χ3v) is 8.66. The van der Waals surface area contributed by atoms with Gasteiger partial charge in [-0.15, -0.1) is 0 Å². The van der Waals surface area contributed by atoms with Gasteiger partial charge in [-0.1, -0.05) is 84.1 Å². The smallest absolute Gasteiger partial charge is 0.203 e. The topological polar surface area (TPSA) is 51.2 Å². The van der Waals surface area contributed by atoms with Crippen molar-refractivity contribution in [3.8, 4) is 17.2 Å². The number of methoxy groups -OCH3 is 3. The zero-order chi connectivity index (χ0) is 27.8. The first-order chi connectivity index (χ1) is 18.9. The summed E-state index contributed by atoms with van der Waals surface area (Å²) < 4.78 is 17.5. The fourth-order valence-corrected chi connectivity index (χ4v) is 6.28. The van der Waals surface area contributed by atoms with E-state index in [-0.39, 0.29) is 11.0 Å². The molecular weight excluding hydrogens is 528 g/mol. The quantitative estimate of drug-likeness (QED) is 0.214. The summed E-state index contributed by atoms with van der Waals surface area (Å²) in [5, 5.41) is -0.220. The van der Waals surface area contributed by atoms with Gasteiger partial charge in [-0.2, -0.15) is 0 Å². The molecule has 206 valence electrons. The molecule has 8 heteroatoms. The molecule has 0 aliphatic carbocycles. The van der Waals surface area contributed by atoms with E-state index < -0.39 is 0 Å². The molecule has 3 aromatic carbocycles. The van der Waals surface area contributed by atoms with Gasteiger partial charge in [-0.05, 0) is 30.2 Å². The molecule has 1 aliphatic rings. The Labute approximate surface area is 241 Å². The van der Waals surface area contributed by atoms with Gasteiger partial charge in [0.2, 0.25) is 5.75 Å². The number of hydrogen-bond donors (Lipinski definition) is 0. The first kappa shape index (κ1) is 28.9. The molecule has 39 heavy (non-hydrogen) atoms. The molecule has 0 saturated carbocycles. The van der Waals surface area contributed by atoms with Crippen molar-refractivity contribution in [2.45, 2.75) is 25.1 Å². The highest BCUT2D eigenvalue weighted by Crippen LogP contribution is 2.44. The minimum Gasteiger partial charge on any atom is -0.493 e. The van der Waals surface area contributed by atoms with Crippen LogP contribution in [0.5, 0.6) is 17.2 Å². The van der Waals surface area contributed by atoms with Crippen LogP contribution in [-0.2, 0) is 6.54 Å². The van der Waals surface area contributed by atoms with Gasteiger partial charge in [0.05, 0.1) is 21.3 Å². The second-order valence-electron chi connectivity index (χ2n) is 9.57. The molecule has 0 spiro atoms. The van der Waals surface area contributed by atoms with E-state index in [0.29, 0.717) is 29.2 Å². The monoisotopic (exact) mass is 564 g/mol. The molecular formula is C31H36N2O4S2. The van der Waals surface area contributed by atoms with Crippen molar-refractivity contribution >= 4 is 34.1 Å². The maximum absolute atomic E-state index is 13.4. The molecule has 6 nitrogen and oxygen atoms in total. The maximum atomic E-state index is 13.4. The molecule has 0 bridgehead atoms. The zero-order valence-corrected chi connectivity index (χ0v) is 24.6. The van der Waals surface area contributed by atoms with E-state index in [1.807, 2.05) is 49.4 Å². The van der Waals surface area contributed by atoms with Crippen LogP contribution >= 0.6 is 24.0 Å². The van der Waals surface area contributed by atoms with Crippen molar-refractivity contribution in [3.63, 3.8) is 0 Å². The average Bonchev–Trinajstić information content (AvgIpc) is 2.97. The maximum Gasteiger partial charge on any atom is 0.203 e. The number of Topliss-reactive ketones (excluding diaryl/α,β-unsaturated/α-hetero) is 1. The number of carbonyl (C=O) groups excluding carboxylic acids is 1. The summed E-state index contributed by atoms with van der Waals surface area (Å²) in [7, 11) is 4.78. The van der Waals surface area contributed by atoms with Gasteiger partial charge >= 0.3 is 0 Å². The fourth-order valence-electron chi connectivity index (χ4n) is 4.67. The van der Waals surface area contributed by atoms with Crippen molar-refractivity contribution in [2.75, 3.05) is 47.5 Å². The van der Waals surface area contributed by atoms with Crippen LogP contribution in [0.25, 0.3) is 0 Å². The Bertz CT molecular complexity index is 1230. The second-order valence-corrected chi connectivity index (χ2v) is 11.4. The van der Waals surface area contributed by atoms with Crippen LogP contribution < -0.4 is 14.2 Å². The van der Waals surface area contributed by atoms with Crippen molar-refractivity contribution in [1.82, 2.24) is 9.80 Å². The number of hydrogen-bond acceptors (Lipinski definition) is 7. The number of benzene rings is 3. The number of rotatable bonds is 10. The van der Waals surface area contributed by atoms with Crippen molar-refractivity contribution < 1.29 is 19.0 Å². The Morgan fingerprint density at radius 3 is 2.08 bits per heavy atom. The predicted molar refractivity (Wildman–Crippen MR) is 162 cm³/mol. The number of thioether (sulfide) groups is 1. The third kappa shape index (κ3) is 7.53. The molecule has 3 aromatic rings. The summed E-state index contributed by atoms with van der Waals surface area (Å²) >= 11 is 7.50. The zero-order valence-electron chi connectivity index (χ0n) is 23.0. The van der Waals surface area contributed by atoms with Gasteiger partial charge in [0, 0.05) is 50.0 Å². The molecule has 1 saturated heterocycles. The van der Waals surface area contributed by atoms with E-state index in [1.165, 1.54) is 5.56 Å². The average molecular weight is 565 g/mol. The van der Waals surface area contributed by atoms with Gasteiger partial charge in [0.1, 0.15) is 4.32 Å². The summed E-state index contributed by atoms with van der Waals surface area (Å²) in [5.41, 5.74) is 4.04. The number of piperazine rings is 1. The van der Waals surface area contributed by atoms with Crippen LogP contribution in [0.2, 0.25) is 0 Å². The van der Waals surface area contributed by atoms with E-state index in [0.717, 1.165) is 48.2 Å². The van der Waals surface area contributed by atoms with E-state index in [9.17, 15) is 4.79 Å². The molecule has 1 unspecified atom stereocenters. The SMILES string of the molecule is COc1cc(C(CC(=O)c2ccc(C)cc2)SC(=S)N2CCN(Cc3ccccc3)CC2)cc(OC)c1OC. The molecule has 0 radical (unpaired) electrons. The summed E-state index contributed by atoms with van der Waals surface area (Å²) in [6.45, 7) is 6.53. The van der Waals surface area contributed by atoms with Crippen molar-refractivity contribution in [2.24, 2.45) is 0 Å². The minimum absolute atomic E-state index is 0.0664. The highest BCUT2D eigenvalue weighted by Gasteiger charge is 2.27. The summed E-state index contributed by atoms with van der Waals surface area (Å²) in [6.07, 6.45) is 0.292. The van der Waals surface area contributed by atoms with E-state index >= 15 is 0 Å². The summed E-state index contributed by atoms with van der Waals surface area (Å²) in [5.74, 6) is 1.70. The van der Waals surface area contributed by atoms with Gasteiger partial charge in [-0.3, -0.25) is 9.69 Å². The number of nitrogens with zero attached hydrogens (tertiary/aromatic N) is 2. The number of aryl methyl sites for hydroxylation is 1. The van der Waals surface area contributed by atoms with Crippen LogP contribution in [0.3, 0.4) is 0 Å². The lowest BCUT2D eigenvalue weighted by Gasteiger charge is -2.36. The van der Waals surface area contributed by atoms with E-state index in [2.05, 4.69) is 34.1 Å². The molecule has 1 atom stereocenters. The summed E-state index contributed by atoms with van der Waals surface area (Å²) in [6, 6.07) is 22.1. The largest absolute Gasteiger partial charge is 0.493 e. The molecule has 0 amide bonds. The molecule has 1 aliphatic heterocycles. The molecule has 4 rings (SSSR count). The van der Waals surface area contributed by atoms with Gasteiger partial charge < -0.3 is 19.1 Å². The van der Waals surface area contributed by atoms with Gasteiger partial charge in [0.25, 0.3) is 0 Å². The minimum atomic E-state index is -0.220. The van der Waals surface area contributed by atoms with Crippen LogP contribution in [0.4, 0.5) is 0 Å². The molecule has 0 N–H and O–H groups in total. The third-order valence-electron chi connectivity index (χ3n) is 6.93. The lowest BCUT2D eigenvalue weighted by Crippen LogP contribution is -2.47. The second kappa shape index (κ2) is 13.8. The van der Waals surface area contributed by atoms with Crippen LogP contribution in [0.15, 0.2) is 66.7 Å². The van der Waals surface area contributed by atoms with E-state index in [4.69, 9.17) is 26.4 Å². The predicted octanol–water partition coefficient (Wildman–Crippen LogP) is 6.17. The van der Waals surface area contributed by atoms with Crippen LogP contribution in [0.1, 0.15) is 38.7 Å². The lowest BCUT2D eigenvalue weighted by atomic mass is 10.0. The normalized spacial score (nSPS) is 14.5. The van der Waals surface area contributed by atoms with E-state index in [1.54, 1.807) is 33.1 Å². The Kier molecular flexibility index (Phi) is 10.3. The Hall–Kier alpha value is -3.07. The number of carbonyl (C=O) groups is 1. The lowest BCUT2D eigenvalue weighted by molar-refractivity contribution is 0.0982. The fraction of sp³-hybridized carbons (Fsp3) is 0.355. The number of ether oxygens (including phenoxy) is 3. The molecule has 1 heterocycles. The first-order valence-electron chi connectivity index (χ1n) is 13.0. The number of ketones is 1. The Morgan fingerprint density at radius 2 is 1.51 bits per heavy atom. The first-order valence-corrected chi connectivity index (χ1v) is 14.3. The van der Waals surface area contributed by atoms with Crippen molar-refractivity contribution in [1.29, 1.82) is 0 Å². The Balaban J connectivity index is 1.51. The van der Waals surface area contributed by atoms with Gasteiger partial charge in [0.15, 0.2) is 17.3 Å². The standard InChI is InChI=1S/C31H36N2O4S2/c1-22-10-12-24(13-11-22)26(34)20-29(25-18-27(35-2)30(37-4)28(19-25)36-3)39-31(38)33-16-14-32(15-17-33)21-23-8-6-5-7-9-23/h5-13,18-19,29H,14-17,20-21H2,1-4H3. The summed E-state index contributed by atoms with van der Waals surface area (Å²) in [4.78, 5) is 18.1.